The van der Waals surface area contributed by atoms with Crippen LogP contribution in [-0.4, -0.2) is 10.7 Å². The van der Waals surface area contributed by atoms with Crippen LogP contribution in [0.3, 0.4) is 0 Å². The second-order valence-electron chi connectivity index (χ2n) is 7.33. The zero-order valence-electron chi connectivity index (χ0n) is 13.3. The van der Waals surface area contributed by atoms with Crippen LogP contribution in [-0.2, 0) is 0 Å². The zero-order valence-corrected chi connectivity index (χ0v) is 13.3. The Balaban J connectivity index is 2.11. The largest absolute Gasteiger partial charge is 0.388 e. The molecule has 0 aromatic rings. The first-order valence-corrected chi connectivity index (χ1v) is 8.73. The molecule has 2 heteroatoms. The van der Waals surface area contributed by atoms with Crippen LogP contribution in [0.25, 0.3) is 0 Å². The van der Waals surface area contributed by atoms with Crippen molar-refractivity contribution in [3.8, 4) is 6.07 Å². The number of rotatable bonds is 4. The molecule has 0 bridgehead atoms. The highest BCUT2D eigenvalue weighted by atomic mass is 16.3. The molecule has 2 aliphatic carbocycles. The van der Waals surface area contributed by atoms with Crippen LogP contribution in [0.15, 0.2) is 0 Å². The van der Waals surface area contributed by atoms with Gasteiger partial charge < -0.3 is 5.11 Å². The van der Waals surface area contributed by atoms with Gasteiger partial charge in [-0.15, -0.1) is 0 Å². The Morgan fingerprint density at radius 1 is 1.10 bits per heavy atom. The van der Waals surface area contributed by atoms with Gasteiger partial charge >= 0.3 is 0 Å². The smallest absolute Gasteiger partial charge is 0.0863 e. The molecular weight excluding hydrogens is 246 g/mol. The third-order valence-corrected chi connectivity index (χ3v) is 6.16. The summed E-state index contributed by atoms with van der Waals surface area (Å²) in [5, 5.41) is 21.1. The fraction of sp³-hybridized carbons (Fsp3) is 0.944. The minimum Gasteiger partial charge on any atom is -0.388 e. The van der Waals surface area contributed by atoms with Crippen LogP contribution in [0.1, 0.15) is 84.5 Å². The van der Waals surface area contributed by atoms with Gasteiger partial charge in [-0.25, -0.2) is 0 Å². The van der Waals surface area contributed by atoms with Gasteiger partial charge in [0.05, 0.1) is 17.1 Å². The average Bonchev–Trinajstić information content (AvgIpc) is 2.81. The van der Waals surface area contributed by atoms with Gasteiger partial charge in [-0.1, -0.05) is 46.0 Å². The van der Waals surface area contributed by atoms with Crippen molar-refractivity contribution in [3.05, 3.63) is 0 Å². The molecule has 2 fully saturated rings. The highest BCUT2D eigenvalue weighted by molar-refractivity contribution is 5.15. The van der Waals surface area contributed by atoms with Crippen molar-refractivity contribution in [2.24, 2.45) is 17.3 Å². The summed E-state index contributed by atoms with van der Waals surface area (Å²) in [5.41, 5.74) is -1.16. The van der Waals surface area contributed by atoms with E-state index >= 15 is 0 Å². The minimum absolute atomic E-state index is 0.450. The average molecular weight is 277 g/mol. The molecule has 2 aliphatic rings. The van der Waals surface area contributed by atoms with Crippen molar-refractivity contribution in [2.45, 2.75) is 90.1 Å². The van der Waals surface area contributed by atoms with Gasteiger partial charge in [0.15, 0.2) is 0 Å². The van der Waals surface area contributed by atoms with Crippen molar-refractivity contribution in [1.29, 1.82) is 5.26 Å². The summed E-state index contributed by atoms with van der Waals surface area (Å²) in [5.74, 6) is 1.42. The van der Waals surface area contributed by atoms with E-state index in [1.807, 2.05) is 0 Å². The Morgan fingerprint density at radius 3 is 2.45 bits per heavy atom. The lowest BCUT2D eigenvalue weighted by atomic mass is 9.67. The molecule has 114 valence electrons. The molecule has 2 rings (SSSR count). The molecule has 2 nitrogen and oxygen atoms in total. The maximum atomic E-state index is 11.3. The van der Waals surface area contributed by atoms with E-state index in [-0.39, 0.29) is 0 Å². The standard InChI is InChI=1S/C18H31NO/c1-3-6-16-7-5-10-18(20,12-9-16)17(14-19)11-8-15(4-2)13-17/h15-16,20H,3-13H2,1-2H3. The quantitative estimate of drug-likeness (QED) is 0.749. The summed E-state index contributed by atoms with van der Waals surface area (Å²) >= 11 is 0. The monoisotopic (exact) mass is 277 g/mol. The minimum atomic E-state index is -0.714. The normalized spacial score (nSPS) is 42.1. The number of aliphatic hydroxyl groups is 1. The Morgan fingerprint density at radius 2 is 1.85 bits per heavy atom. The molecule has 0 aliphatic heterocycles. The fourth-order valence-electron chi connectivity index (χ4n) is 4.70. The molecular formula is C18H31NO. The van der Waals surface area contributed by atoms with Crippen LogP contribution >= 0.6 is 0 Å². The summed E-state index contributed by atoms with van der Waals surface area (Å²) in [6.07, 6.45) is 11.8. The van der Waals surface area contributed by atoms with Gasteiger partial charge in [-0.05, 0) is 50.4 Å². The van der Waals surface area contributed by atoms with Gasteiger partial charge in [0.2, 0.25) is 0 Å². The van der Waals surface area contributed by atoms with E-state index in [0.717, 1.165) is 57.3 Å². The molecule has 0 aromatic carbocycles. The van der Waals surface area contributed by atoms with Gasteiger partial charge in [0.25, 0.3) is 0 Å². The van der Waals surface area contributed by atoms with E-state index in [9.17, 15) is 10.4 Å². The molecule has 0 heterocycles. The van der Waals surface area contributed by atoms with Gasteiger partial charge in [-0.3, -0.25) is 0 Å². The maximum Gasteiger partial charge on any atom is 0.0863 e. The lowest BCUT2D eigenvalue weighted by Gasteiger charge is -2.40. The van der Waals surface area contributed by atoms with Crippen LogP contribution < -0.4 is 0 Å². The Kier molecular flexibility index (Phi) is 5.13. The van der Waals surface area contributed by atoms with E-state index in [1.165, 1.54) is 19.3 Å². The number of nitrogens with zero attached hydrogens (tertiary/aromatic N) is 1. The molecule has 0 spiro atoms. The first kappa shape index (κ1) is 15.8. The van der Waals surface area contributed by atoms with Crippen LogP contribution in [0.5, 0.6) is 0 Å². The third-order valence-electron chi connectivity index (χ3n) is 6.16. The summed E-state index contributed by atoms with van der Waals surface area (Å²) < 4.78 is 0. The Hall–Kier alpha value is -0.550. The number of hydrogen-bond donors (Lipinski definition) is 1. The van der Waals surface area contributed by atoms with Gasteiger partial charge in [0, 0.05) is 0 Å². The predicted octanol–water partition coefficient (Wildman–Crippen LogP) is 4.82. The molecule has 20 heavy (non-hydrogen) atoms. The maximum absolute atomic E-state index is 11.3. The first-order valence-electron chi connectivity index (χ1n) is 8.73. The first-order chi connectivity index (χ1) is 9.59. The molecule has 0 aromatic heterocycles. The highest BCUT2D eigenvalue weighted by Crippen LogP contribution is 2.54. The van der Waals surface area contributed by atoms with E-state index < -0.39 is 11.0 Å². The fourth-order valence-corrected chi connectivity index (χ4v) is 4.70. The summed E-state index contributed by atoms with van der Waals surface area (Å²) in [6, 6.07) is 2.58. The number of nitriles is 1. The van der Waals surface area contributed by atoms with Crippen LogP contribution in [0.2, 0.25) is 0 Å². The van der Waals surface area contributed by atoms with Crippen molar-refractivity contribution < 1.29 is 5.11 Å². The SMILES string of the molecule is CCCC1CCCC(O)(C2(C#N)CCC(CC)C2)CC1. The zero-order chi connectivity index (χ0) is 14.6. The van der Waals surface area contributed by atoms with E-state index in [1.54, 1.807) is 0 Å². The second-order valence-corrected chi connectivity index (χ2v) is 7.33. The van der Waals surface area contributed by atoms with E-state index in [2.05, 4.69) is 19.9 Å². The molecule has 0 amide bonds. The summed E-state index contributed by atoms with van der Waals surface area (Å²) in [7, 11) is 0. The molecule has 0 radical (unpaired) electrons. The van der Waals surface area contributed by atoms with E-state index in [0.29, 0.717) is 5.92 Å². The molecule has 4 atom stereocenters. The topological polar surface area (TPSA) is 44.0 Å². The predicted molar refractivity (Wildman–Crippen MR) is 82.1 cm³/mol. The molecule has 1 N–H and O–H groups in total. The lowest BCUT2D eigenvalue weighted by molar-refractivity contribution is -0.0673. The number of hydrogen-bond acceptors (Lipinski definition) is 2. The van der Waals surface area contributed by atoms with Crippen molar-refractivity contribution in [2.75, 3.05) is 0 Å². The van der Waals surface area contributed by atoms with Gasteiger partial charge in [0.1, 0.15) is 0 Å². The lowest BCUT2D eigenvalue weighted by Crippen LogP contribution is -2.46. The van der Waals surface area contributed by atoms with Crippen LogP contribution in [0, 0.1) is 28.6 Å². The van der Waals surface area contributed by atoms with Crippen LogP contribution in [0.4, 0.5) is 0 Å². The second kappa shape index (κ2) is 6.48. The van der Waals surface area contributed by atoms with E-state index in [4.69, 9.17) is 0 Å². The Labute approximate surface area is 124 Å². The molecule has 4 unspecified atom stereocenters. The van der Waals surface area contributed by atoms with Gasteiger partial charge in [-0.2, -0.15) is 5.26 Å². The van der Waals surface area contributed by atoms with Crippen molar-refractivity contribution >= 4 is 0 Å². The molecule has 2 saturated carbocycles. The van der Waals surface area contributed by atoms with Crippen molar-refractivity contribution in [3.63, 3.8) is 0 Å². The van der Waals surface area contributed by atoms with Crippen molar-refractivity contribution in [1.82, 2.24) is 0 Å². The third kappa shape index (κ3) is 2.89. The summed E-state index contributed by atoms with van der Waals surface area (Å²) in [6.45, 7) is 4.46. The molecule has 0 saturated heterocycles. The highest BCUT2D eigenvalue weighted by Gasteiger charge is 2.54. The summed E-state index contributed by atoms with van der Waals surface area (Å²) in [4.78, 5) is 0. The Bertz CT molecular complexity index is 361.